The summed E-state index contributed by atoms with van der Waals surface area (Å²) in [4.78, 5) is 25.4. The lowest BCUT2D eigenvalue weighted by molar-refractivity contribution is -0.126. The molecule has 1 aliphatic heterocycles. The largest absolute Gasteiger partial charge is 0.358 e. The molecule has 0 saturated carbocycles. The zero-order chi connectivity index (χ0) is 16.9. The normalized spacial score (nSPS) is 18.4. The van der Waals surface area contributed by atoms with Crippen LogP contribution in [0.2, 0.25) is 0 Å². The summed E-state index contributed by atoms with van der Waals surface area (Å²) in [5.41, 5.74) is 1.22. The Hall–Kier alpha value is -2.47. The first-order valence-electron chi connectivity index (χ1n) is 8.21. The van der Waals surface area contributed by atoms with E-state index in [0.29, 0.717) is 6.54 Å². The summed E-state index contributed by atoms with van der Waals surface area (Å²) >= 11 is 0. The van der Waals surface area contributed by atoms with Crippen LogP contribution in [0.25, 0.3) is 0 Å². The van der Waals surface area contributed by atoms with Crippen molar-refractivity contribution in [1.29, 1.82) is 0 Å². The molecule has 24 heavy (non-hydrogen) atoms. The molecule has 1 aromatic heterocycles. The van der Waals surface area contributed by atoms with Gasteiger partial charge in [0.25, 0.3) is 0 Å². The Kier molecular flexibility index (Phi) is 5.05. The van der Waals surface area contributed by atoms with Gasteiger partial charge in [0.1, 0.15) is 17.7 Å². The van der Waals surface area contributed by atoms with Crippen molar-refractivity contribution in [3.63, 3.8) is 0 Å². The fourth-order valence-corrected chi connectivity index (χ4v) is 3.07. The summed E-state index contributed by atoms with van der Waals surface area (Å²) in [6.45, 7) is 4.94. The third-order valence-corrected chi connectivity index (χ3v) is 4.35. The van der Waals surface area contributed by atoms with E-state index in [1.807, 2.05) is 31.2 Å². The molecule has 0 aliphatic carbocycles. The highest BCUT2D eigenvalue weighted by Gasteiger charge is 2.32. The Morgan fingerprint density at radius 1 is 1.25 bits per heavy atom. The molecule has 0 bridgehead atoms. The molecule has 2 aromatic rings. The number of carbonyl (C=O) groups excluding carboxylic acids is 1. The van der Waals surface area contributed by atoms with Crippen LogP contribution in [-0.4, -0.2) is 53.5 Å². The van der Waals surface area contributed by atoms with Gasteiger partial charge in [-0.3, -0.25) is 9.69 Å². The SMILES string of the molecule is CNC(=O)[C@@H]1CN(c2ccnc(C)n2)CCN1Cc1ccccc1. The van der Waals surface area contributed by atoms with Gasteiger partial charge in [0.2, 0.25) is 5.91 Å². The van der Waals surface area contributed by atoms with Crippen LogP contribution < -0.4 is 10.2 Å². The minimum absolute atomic E-state index is 0.0430. The van der Waals surface area contributed by atoms with Crippen molar-refractivity contribution in [1.82, 2.24) is 20.2 Å². The standard InChI is InChI=1S/C18H23N5O/c1-14-20-9-8-17(21-14)23-11-10-22(16(13-23)18(24)19-2)12-15-6-4-3-5-7-15/h3-9,16H,10-13H2,1-2H3,(H,19,24)/t16-/m0/s1. The highest BCUT2D eigenvalue weighted by atomic mass is 16.2. The van der Waals surface area contributed by atoms with Crippen LogP contribution in [0, 0.1) is 6.92 Å². The molecule has 1 fully saturated rings. The summed E-state index contributed by atoms with van der Waals surface area (Å²) in [6, 6.07) is 12.0. The van der Waals surface area contributed by atoms with Gasteiger partial charge in [0.05, 0.1) is 0 Å². The van der Waals surface area contributed by atoms with E-state index in [1.54, 1.807) is 13.2 Å². The molecule has 126 valence electrons. The number of aromatic nitrogens is 2. The molecule has 1 saturated heterocycles. The summed E-state index contributed by atoms with van der Waals surface area (Å²) < 4.78 is 0. The molecule has 1 amide bonds. The van der Waals surface area contributed by atoms with E-state index < -0.39 is 0 Å². The lowest BCUT2D eigenvalue weighted by atomic mass is 10.1. The number of hydrogen-bond acceptors (Lipinski definition) is 5. The molecule has 1 aliphatic rings. The highest BCUT2D eigenvalue weighted by molar-refractivity contribution is 5.82. The predicted octanol–water partition coefficient (Wildman–Crippen LogP) is 1.22. The number of hydrogen-bond donors (Lipinski definition) is 1. The van der Waals surface area contributed by atoms with Gasteiger partial charge in [0, 0.05) is 39.4 Å². The number of benzene rings is 1. The van der Waals surface area contributed by atoms with Crippen LogP contribution in [0.3, 0.4) is 0 Å². The van der Waals surface area contributed by atoms with Crippen LogP contribution in [-0.2, 0) is 11.3 Å². The van der Waals surface area contributed by atoms with Crippen LogP contribution in [0.1, 0.15) is 11.4 Å². The van der Waals surface area contributed by atoms with E-state index >= 15 is 0 Å². The predicted molar refractivity (Wildman–Crippen MR) is 93.7 cm³/mol. The highest BCUT2D eigenvalue weighted by Crippen LogP contribution is 2.19. The van der Waals surface area contributed by atoms with Gasteiger partial charge in [-0.25, -0.2) is 9.97 Å². The molecule has 1 atom stereocenters. The minimum atomic E-state index is -0.195. The maximum absolute atomic E-state index is 12.4. The van der Waals surface area contributed by atoms with E-state index in [1.165, 1.54) is 5.56 Å². The Balaban J connectivity index is 1.77. The quantitative estimate of drug-likeness (QED) is 0.916. The average Bonchev–Trinajstić information content (AvgIpc) is 2.62. The van der Waals surface area contributed by atoms with Crippen molar-refractivity contribution < 1.29 is 4.79 Å². The minimum Gasteiger partial charge on any atom is -0.358 e. The third kappa shape index (κ3) is 3.71. The van der Waals surface area contributed by atoms with E-state index in [9.17, 15) is 4.79 Å². The van der Waals surface area contributed by atoms with Gasteiger partial charge >= 0.3 is 0 Å². The second-order valence-corrected chi connectivity index (χ2v) is 5.99. The number of carbonyl (C=O) groups is 1. The third-order valence-electron chi connectivity index (χ3n) is 4.35. The van der Waals surface area contributed by atoms with Gasteiger partial charge in [-0.2, -0.15) is 0 Å². The number of piperazine rings is 1. The van der Waals surface area contributed by atoms with Crippen molar-refractivity contribution in [3.8, 4) is 0 Å². The zero-order valence-electron chi connectivity index (χ0n) is 14.1. The molecule has 1 aromatic carbocycles. The van der Waals surface area contributed by atoms with Crippen LogP contribution in [0.5, 0.6) is 0 Å². The molecule has 2 heterocycles. The van der Waals surface area contributed by atoms with Gasteiger partial charge in [-0.15, -0.1) is 0 Å². The Morgan fingerprint density at radius 3 is 2.75 bits per heavy atom. The number of nitrogens with zero attached hydrogens (tertiary/aromatic N) is 4. The molecule has 6 nitrogen and oxygen atoms in total. The zero-order valence-corrected chi connectivity index (χ0v) is 14.1. The van der Waals surface area contributed by atoms with Crippen LogP contribution in [0.15, 0.2) is 42.6 Å². The van der Waals surface area contributed by atoms with E-state index in [2.05, 4.69) is 37.2 Å². The van der Waals surface area contributed by atoms with Crippen molar-refractivity contribution in [2.24, 2.45) is 0 Å². The number of aryl methyl sites for hydroxylation is 1. The number of likely N-dealkylation sites (N-methyl/N-ethyl adjacent to an activating group) is 1. The first kappa shape index (κ1) is 16.4. The Bertz CT molecular complexity index is 691. The van der Waals surface area contributed by atoms with Crippen LogP contribution in [0.4, 0.5) is 5.82 Å². The topological polar surface area (TPSA) is 61.4 Å². The molecule has 6 heteroatoms. The Morgan fingerprint density at radius 2 is 2.04 bits per heavy atom. The summed E-state index contributed by atoms with van der Waals surface area (Å²) in [6.07, 6.45) is 1.77. The Labute approximate surface area is 142 Å². The van der Waals surface area contributed by atoms with Crippen molar-refractivity contribution in [2.75, 3.05) is 31.6 Å². The first-order valence-corrected chi connectivity index (χ1v) is 8.21. The van der Waals surface area contributed by atoms with Gasteiger partial charge in [-0.1, -0.05) is 30.3 Å². The lowest BCUT2D eigenvalue weighted by Gasteiger charge is -2.41. The molecular formula is C18H23N5O. The van der Waals surface area contributed by atoms with Gasteiger partial charge < -0.3 is 10.2 Å². The van der Waals surface area contributed by atoms with Crippen LogP contribution >= 0.6 is 0 Å². The first-order chi connectivity index (χ1) is 11.7. The van der Waals surface area contributed by atoms with Crippen molar-refractivity contribution in [2.45, 2.75) is 19.5 Å². The molecular weight excluding hydrogens is 302 g/mol. The van der Waals surface area contributed by atoms with E-state index in [0.717, 1.165) is 31.3 Å². The monoisotopic (exact) mass is 325 g/mol. The molecule has 0 unspecified atom stereocenters. The van der Waals surface area contributed by atoms with Crippen molar-refractivity contribution >= 4 is 11.7 Å². The number of nitrogens with one attached hydrogen (secondary N) is 1. The fourth-order valence-electron chi connectivity index (χ4n) is 3.07. The summed E-state index contributed by atoms with van der Waals surface area (Å²) in [5.74, 6) is 1.67. The number of anilines is 1. The summed E-state index contributed by atoms with van der Waals surface area (Å²) in [5, 5.41) is 2.79. The fraction of sp³-hybridized carbons (Fsp3) is 0.389. The smallest absolute Gasteiger partial charge is 0.238 e. The van der Waals surface area contributed by atoms with Gasteiger partial charge in [-0.05, 0) is 18.6 Å². The lowest BCUT2D eigenvalue weighted by Crippen LogP contribution is -2.58. The van der Waals surface area contributed by atoms with Crippen molar-refractivity contribution in [3.05, 3.63) is 54.0 Å². The number of rotatable bonds is 4. The second kappa shape index (κ2) is 7.40. The summed E-state index contributed by atoms with van der Waals surface area (Å²) in [7, 11) is 1.69. The second-order valence-electron chi connectivity index (χ2n) is 5.99. The average molecular weight is 325 g/mol. The molecule has 1 N–H and O–H groups in total. The van der Waals surface area contributed by atoms with Gasteiger partial charge in [0.15, 0.2) is 0 Å². The maximum atomic E-state index is 12.4. The molecule has 3 rings (SSSR count). The number of amides is 1. The maximum Gasteiger partial charge on any atom is 0.238 e. The molecule has 0 spiro atoms. The van der Waals surface area contributed by atoms with E-state index in [4.69, 9.17) is 0 Å². The molecule has 0 radical (unpaired) electrons. The van der Waals surface area contributed by atoms with E-state index in [-0.39, 0.29) is 11.9 Å².